The van der Waals surface area contributed by atoms with E-state index in [9.17, 15) is 30.8 Å². The summed E-state index contributed by atoms with van der Waals surface area (Å²) in [4.78, 5) is 14.3. The molecule has 0 bridgehead atoms. The van der Waals surface area contributed by atoms with Crippen molar-refractivity contribution in [3.8, 4) is 11.5 Å². The number of methoxy groups -OCH3 is 1. The van der Waals surface area contributed by atoms with E-state index >= 15 is 0 Å². The summed E-state index contributed by atoms with van der Waals surface area (Å²) in [5.74, 6) is -0.631. The molecule has 0 aliphatic rings. The number of ether oxygens (including phenoxy) is 1. The van der Waals surface area contributed by atoms with Crippen LogP contribution in [0.2, 0.25) is 0 Å². The van der Waals surface area contributed by atoms with E-state index < -0.39 is 33.7 Å². The Morgan fingerprint density at radius 2 is 1.63 bits per heavy atom. The molecule has 1 atom stereocenters. The van der Waals surface area contributed by atoms with Gasteiger partial charge < -0.3 is 19.1 Å². The Bertz CT molecular complexity index is 1360. The van der Waals surface area contributed by atoms with E-state index in [0.717, 1.165) is 48.5 Å². The molecule has 7 nitrogen and oxygen atoms in total. The second-order valence-electron chi connectivity index (χ2n) is 8.37. The van der Waals surface area contributed by atoms with Gasteiger partial charge in [0.2, 0.25) is 0 Å². The van der Waals surface area contributed by atoms with E-state index in [1.54, 1.807) is 13.0 Å². The molecule has 0 aliphatic carbocycles. The number of hydrogen-bond donors (Lipinski definition) is 1. The van der Waals surface area contributed by atoms with Gasteiger partial charge >= 0.3 is 22.3 Å². The summed E-state index contributed by atoms with van der Waals surface area (Å²) in [5.41, 5.74) is -0.158. The Kier molecular flexibility index (Phi) is 8.87. The minimum Gasteiger partial charge on any atom is -0.493 e. The second-order valence-corrected chi connectivity index (χ2v) is 9.91. The van der Waals surface area contributed by atoms with Crippen LogP contribution >= 0.6 is 0 Å². The van der Waals surface area contributed by atoms with Crippen molar-refractivity contribution in [2.75, 3.05) is 12.4 Å². The summed E-state index contributed by atoms with van der Waals surface area (Å²) in [6.45, 7) is 3.69. The maximum Gasteiger partial charge on any atom is 0.416 e. The summed E-state index contributed by atoms with van der Waals surface area (Å²) in [6, 6.07) is 11.8. The Hall–Kier alpha value is -3.80. The van der Waals surface area contributed by atoms with Gasteiger partial charge in [0.25, 0.3) is 0 Å². The number of alkyl halides is 3. The molecule has 2 amide bonds. The zero-order valence-electron chi connectivity index (χ0n) is 20.8. The molecular weight excluding hydrogens is 528 g/mol. The summed E-state index contributed by atoms with van der Waals surface area (Å²) in [5, 5.41) is 2.59. The molecule has 1 unspecified atom stereocenters. The number of urea groups is 1. The van der Waals surface area contributed by atoms with Gasteiger partial charge in [-0.05, 0) is 79.6 Å². The number of anilines is 1. The lowest BCUT2D eigenvalue weighted by atomic mass is 10.1. The lowest BCUT2D eigenvalue weighted by Gasteiger charge is -2.29. The third-order valence-corrected chi connectivity index (χ3v) is 6.98. The van der Waals surface area contributed by atoms with Gasteiger partial charge in [0.1, 0.15) is 10.7 Å². The van der Waals surface area contributed by atoms with Gasteiger partial charge in [0.05, 0.1) is 12.7 Å². The van der Waals surface area contributed by atoms with E-state index in [4.69, 9.17) is 8.92 Å². The number of benzene rings is 3. The molecule has 0 saturated heterocycles. The van der Waals surface area contributed by atoms with E-state index in [2.05, 4.69) is 5.32 Å². The molecule has 0 heterocycles. The van der Waals surface area contributed by atoms with Crippen molar-refractivity contribution >= 4 is 21.8 Å². The van der Waals surface area contributed by atoms with Crippen molar-refractivity contribution in [3.63, 3.8) is 0 Å². The highest BCUT2D eigenvalue weighted by Gasteiger charge is 2.30. The molecular formula is C26H26F4N2O5S. The molecule has 204 valence electrons. The number of nitrogens with zero attached hydrogens (tertiary/aromatic N) is 1. The van der Waals surface area contributed by atoms with Gasteiger partial charge in [0, 0.05) is 18.3 Å². The molecule has 3 rings (SSSR count). The highest BCUT2D eigenvalue weighted by molar-refractivity contribution is 7.87. The van der Waals surface area contributed by atoms with Crippen molar-refractivity contribution in [2.24, 2.45) is 0 Å². The summed E-state index contributed by atoms with van der Waals surface area (Å²) >= 11 is 0. The molecule has 3 aromatic rings. The number of carbonyl (C=O) groups is 1. The molecule has 0 fully saturated rings. The Balaban J connectivity index is 1.84. The molecule has 0 spiro atoms. The normalized spacial score (nSPS) is 12.5. The first-order chi connectivity index (χ1) is 17.8. The molecule has 38 heavy (non-hydrogen) atoms. The smallest absolute Gasteiger partial charge is 0.416 e. The minimum atomic E-state index is -4.50. The number of amides is 2. The van der Waals surface area contributed by atoms with Gasteiger partial charge in [-0.15, -0.1) is 0 Å². The van der Waals surface area contributed by atoms with E-state index in [1.807, 2.05) is 6.92 Å². The van der Waals surface area contributed by atoms with Crippen molar-refractivity contribution in [2.45, 2.75) is 43.9 Å². The molecule has 0 aliphatic heterocycles. The molecule has 1 N–H and O–H groups in total. The minimum absolute atomic E-state index is 0.0262. The summed E-state index contributed by atoms with van der Waals surface area (Å²) in [6.07, 6.45) is -3.93. The van der Waals surface area contributed by atoms with Crippen LogP contribution < -0.4 is 14.2 Å². The first-order valence-corrected chi connectivity index (χ1v) is 12.9. The van der Waals surface area contributed by atoms with Crippen LogP contribution in [-0.4, -0.2) is 32.5 Å². The van der Waals surface area contributed by atoms with Gasteiger partial charge in [-0.2, -0.15) is 21.6 Å². The van der Waals surface area contributed by atoms with Gasteiger partial charge in [-0.3, -0.25) is 0 Å². The summed E-state index contributed by atoms with van der Waals surface area (Å²) in [7, 11) is -2.99. The number of rotatable bonds is 9. The monoisotopic (exact) mass is 554 g/mol. The number of carbonyl (C=O) groups excluding carboxylic acids is 1. The second kappa shape index (κ2) is 11.7. The van der Waals surface area contributed by atoms with Crippen LogP contribution in [0.1, 0.15) is 31.4 Å². The maximum atomic E-state index is 13.2. The van der Waals surface area contributed by atoms with Crippen molar-refractivity contribution in [1.29, 1.82) is 0 Å². The predicted molar refractivity (Wildman–Crippen MR) is 133 cm³/mol. The Labute approximate surface area is 218 Å². The van der Waals surface area contributed by atoms with Crippen LogP contribution in [0.4, 0.5) is 28.0 Å². The van der Waals surface area contributed by atoms with E-state index in [0.29, 0.717) is 12.0 Å². The first-order valence-electron chi connectivity index (χ1n) is 11.5. The molecule has 12 heteroatoms. The zero-order chi connectivity index (χ0) is 28.1. The van der Waals surface area contributed by atoms with Gasteiger partial charge in [-0.1, -0.05) is 13.0 Å². The highest BCUT2D eigenvalue weighted by Crippen LogP contribution is 2.32. The van der Waals surface area contributed by atoms with Crippen LogP contribution in [0.5, 0.6) is 11.5 Å². The Morgan fingerprint density at radius 3 is 2.18 bits per heavy atom. The Morgan fingerprint density at radius 1 is 1.00 bits per heavy atom. The first kappa shape index (κ1) is 28.8. The van der Waals surface area contributed by atoms with E-state index in [1.165, 1.54) is 24.1 Å². The largest absolute Gasteiger partial charge is 0.493 e. The third kappa shape index (κ3) is 7.15. The van der Waals surface area contributed by atoms with Crippen LogP contribution in [-0.2, 0) is 22.8 Å². The average molecular weight is 555 g/mol. The molecule has 3 aromatic carbocycles. The van der Waals surface area contributed by atoms with Crippen molar-refractivity contribution < 1.29 is 39.7 Å². The molecule has 0 radical (unpaired) electrons. The standard InChI is InChI=1S/C26H26F4N2O5S/c1-4-17(2)32(25(33)31-21-10-6-19(7-11-21)26(28,29)30)16-18-5-14-23(36-3)24(15-18)37-38(34,35)22-12-8-20(27)9-13-22/h5-15,17H,4,16H2,1-3H3,(H,31,33). The SMILES string of the molecule is CCC(C)N(Cc1ccc(OC)c(OS(=O)(=O)c2ccc(F)cc2)c1)C(=O)Nc1ccc(C(F)(F)F)cc1. The third-order valence-electron chi connectivity index (χ3n) is 5.73. The fraction of sp³-hybridized carbons (Fsp3) is 0.269. The van der Waals surface area contributed by atoms with Gasteiger partial charge in [0.15, 0.2) is 11.5 Å². The fourth-order valence-electron chi connectivity index (χ4n) is 3.43. The quantitative estimate of drug-likeness (QED) is 0.243. The highest BCUT2D eigenvalue weighted by atomic mass is 32.2. The average Bonchev–Trinajstić information content (AvgIpc) is 2.86. The number of hydrogen-bond acceptors (Lipinski definition) is 5. The van der Waals surface area contributed by atoms with Crippen LogP contribution in [0, 0.1) is 5.82 Å². The van der Waals surface area contributed by atoms with Crippen molar-refractivity contribution in [3.05, 3.63) is 83.7 Å². The lowest BCUT2D eigenvalue weighted by Crippen LogP contribution is -2.40. The van der Waals surface area contributed by atoms with E-state index in [-0.39, 0.29) is 34.7 Å². The topological polar surface area (TPSA) is 84.9 Å². The lowest BCUT2D eigenvalue weighted by molar-refractivity contribution is -0.137. The number of halogens is 4. The van der Waals surface area contributed by atoms with Crippen molar-refractivity contribution in [1.82, 2.24) is 4.90 Å². The van der Waals surface area contributed by atoms with Crippen LogP contribution in [0.15, 0.2) is 71.6 Å². The molecule has 0 saturated carbocycles. The van der Waals surface area contributed by atoms with Crippen LogP contribution in [0.25, 0.3) is 0 Å². The fourth-order valence-corrected chi connectivity index (χ4v) is 4.37. The maximum absolute atomic E-state index is 13.2. The predicted octanol–water partition coefficient (Wildman–Crippen LogP) is 6.45. The van der Waals surface area contributed by atoms with Gasteiger partial charge in [-0.25, -0.2) is 9.18 Å². The summed E-state index contributed by atoms with van der Waals surface area (Å²) < 4.78 is 87.7. The van der Waals surface area contributed by atoms with Crippen LogP contribution in [0.3, 0.4) is 0 Å². The number of nitrogens with one attached hydrogen (secondary N) is 1. The molecule has 0 aromatic heterocycles. The zero-order valence-corrected chi connectivity index (χ0v) is 21.6.